The number of likely N-dealkylation sites (tertiary alicyclic amines) is 1. The predicted molar refractivity (Wildman–Crippen MR) is 97.7 cm³/mol. The number of hydrogen-bond donors (Lipinski definition) is 1. The SMILES string of the molecule is COc1ccc(C(CN2CCCC2)NC(=O)CC2CCCOC2)cc1. The van der Waals surface area contributed by atoms with E-state index in [1.165, 1.54) is 12.8 Å². The number of carbonyl (C=O) groups excluding carboxylic acids is 1. The second kappa shape index (κ2) is 9.20. The zero-order chi connectivity index (χ0) is 17.5. The van der Waals surface area contributed by atoms with Crippen LogP contribution >= 0.6 is 0 Å². The van der Waals surface area contributed by atoms with E-state index in [0.29, 0.717) is 18.9 Å². The number of methoxy groups -OCH3 is 1. The van der Waals surface area contributed by atoms with Crippen LogP contribution in [0.1, 0.15) is 43.7 Å². The zero-order valence-corrected chi connectivity index (χ0v) is 15.2. The van der Waals surface area contributed by atoms with E-state index in [-0.39, 0.29) is 11.9 Å². The highest BCUT2D eigenvalue weighted by Crippen LogP contribution is 2.22. The summed E-state index contributed by atoms with van der Waals surface area (Å²) in [4.78, 5) is 15.0. The molecule has 5 heteroatoms. The Morgan fingerprint density at radius 2 is 2.04 bits per heavy atom. The monoisotopic (exact) mass is 346 g/mol. The van der Waals surface area contributed by atoms with Crippen LogP contribution in [0, 0.1) is 5.92 Å². The number of nitrogens with zero attached hydrogens (tertiary/aromatic N) is 1. The molecule has 2 fully saturated rings. The largest absolute Gasteiger partial charge is 0.497 e. The van der Waals surface area contributed by atoms with E-state index in [1.807, 2.05) is 12.1 Å². The van der Waals surface area contributed by atoms with Gasteiger partial charge in [0.05, 0.1) is 13.2 Å². The highest BCUT2D eigenvalue weighted by Gasteiger charge is 2.23. The molecule has 1 N–H and O–H groups in total. The van der Waals surface area contributed by atoms with Gasteiger partial charge in [0.2, 0.25) is 5.91 Å². The maximum absolute atomic E-state index is 12.6. The summed E-state index contributed by atoms with van der Waals surface area (Å²) in [7, 11) is 1.67. The average Bonchev–Trinajstić information content (AvgIpc) is 3.15. The summed E-state index contributed by atoms with van der Waals surface area (Å²) >= 11 is 0. The molecule has 1 aromatic carbocycles. The lowest BCUT2D eigenvalue weighted by Gasteiger charge is -2.27. The van der Waals surface area contributed by atoms with Crippen LogP contribution in [0.15, 0.2) is 24.3 Å². The molecule has 5 nitrogen and oxygen atoms in total. The van der Waals surface area contributed by atoms with Gasteiger partial charge in [-0.3, -0.25) is 4.79 Å². The predicted octanol–water partition coefficient (Wildman–Crippen LogP) is 2.77. The van der Waals surface area contributed by atoms with Gasteiger partial charge in [0.15, 0.2) is 0 Å². The molecule has 2 aliphatic heterocycles. The summed E-state index contributed by atoms with van der Waals surface area (Å²) in [6.45, 7) is 4.67. The summed E-state index contributed by atoms with van der Waals surface area (Å²) in [5.41, 5.74) is 1.14. The molecule has 0 aromatic heterocycles. The maximum Gasteiger partial charge on any atom is 0.220 e. The second-order valence-corrected chi connectivity index (χ2v) is 7.19. The van der Waals surface area contributed by atoms with Gasteiger partial charge in [0.25, 0.3) is 0 Å². The van der Waals surface area contributed by atoms with Crippen molar-refractivity contribution in [3.05, 3.63) is 29.8 Å². The van der Waals surface area contributed by atoms with Crippen molar-refractivity contribution in [1.29, 1.82) is 0 Å². The fraction of sp³-hybridized carbons (Fsp3) is 0.650. The molecule has 0 saturated carbocycles. The van der Waals surface area contributed by atoms with Crippen LogP contribution in [0.25, 0.3) is 0 Å². The minimum Gasteiger partial charge on any atom is -0.497 e. The summed E-state index contributed by atoms with van der Waals surface area (Å²) < 4.78 is 10.8. The van der Waals surface area contributed by atoms with Crippen molar-refractivity contribution in [2.45, 2.75) is 38.1 Å². The molecule has 0 aliphatic carbocycles. The Hall–Kier alpha value is -1.59. The number of rotatable bonds is 7. The summed E-state index contributed by atoms with van der Waals surface area (Å²) in [6.07, 6.45) is 5.22. The number of ether oxygens (including phenoxy) is 2. The van der Waals surface area contributed by atoms with E-state index in [9.17, 15) is 4.79 Å². The fourth-order valence-corrected chi connectivity index (χ4v) is 3.78. The quantitative estimate of drug-likeness (QED) is 0.825. The Kier molecular flexibility index (Phi) is 6.70. The molecule has 2 atom stereocenters. The van der Waals surface area contributed by atoms with Crippen LogP contribution in [-0.2, 0) is 9.53 Å². The van der Waals surface area contributed by atoms with E-state index in [0.717, 1.165) is 50.4 Å². The molecule has 1 aromatic rings. The molecular weight excluding hydrogens is 316 g/mol. The van der Waals surface area contributed by atoms with Crippen LogP contribution in [0.5, 0.6) is 5.75 Å². The van der Waals surface area contributed by atoms with Gasteiger partial charge in [-0.05, 0) is 62.4 Å². The van der Waals surface area contributed by atoms with Crippen LogP contribution in [0.2, 0.25) is 0 Å². The van der Waals surface area contributed by atoms with Gasteiger partial charge in [0.1, 0.15) is 5.75 Å². The smallest absolute Gasteiger partial charge is 0.220 e. The highest BCUT2D eigenvalue weighted by atomic mass is 16.5. The molecule has 2 unspecified atom stereocenters. The van der Waals surface area contributed by atoms with Gasteiger partial charge in [0, 0.05) is 26.2 Å². The molecule has 1 amide bonds. The minimum atomic E-state index is 0.0287. The topological polar surface area (TPSA) is 50.8 Å². The maximum atomic E-state index is 12.6. The molecular formula is C20H30N2O3. The van der Waals surface area contributed by atoms with Crippen molar-refractivity contribution in [2.75, 3.05) is 40.0 Å². The normalized spacial score (nSPS) is 22.5. The van der Waals surface area contributed by atoms with Gasteiger partial charge < -0.3 is 19.7 Å². The van der Waals surface area contributed by atoms with Crippen molar-refractivity contribution in [3.63, 3.8) is 0 Å². The Bertz CT molecular complexity index is 534. The average molecular weight is 346 g/mol. The van der Waals surface area contributed by atoms with Crippen LogP contribution < -0.4 is 10.1 Å². The van der Waals surface area contributed by atoms with E-state index in [2.05, 4.69) is 22.3 Å². The van der Waals surface area contributed by atoms with Crippen molar-refractivity contribution in [2.24, 2.45) is 5.92 Å². The van der Waals surface area contributed by atoms with Crippen molar-refractivity contribution < 1.29 is 14.3 Å². The molecule has 138 valence electrons. The van der Waals surface area contributed by atoms with Crippen molar-refractivity contribution >= 4 is 5.91 Å². The fourth-order valence-electron chi connectivity index (χ4n) is 3.78. The first-order chi connectivity index (χ1) is 12.2. The van der Waals surface area contributed by atoms with Crippen molar-refractivity contribution in [1.82, 2.24) is 10.2 Å². The molecule has 0 bridgehead atoms. The standard InChI is InChI=1S/C20H30N2O3/c1-24-18-8-6-17(7-9-18)19(14-22-10-2-3-11-22)21-20(23)13-16-5-4-12-25-15-16/h6-9,16,19H,2-5,10-15H2,1H3,(H,21,23). The first-order valence-corrected chi connectivity index (χ1v) is 9.48. The molecule has 0 spiro atoms. The van der Waals surface area contributed by atoms with Gasteiger partial charge in [-0.15, -0.1) is 0 Å². The van der Waals surface area contributed by atoms with Gasteiger partial charge in [-0.1, -0.05) is 12.1 Å². The highest BCUT2D eigenvalue weighted by molar-refractivity contribution is 5.76. The molecule has 3 rings (SSSR count). The minimum absolute atomic E-state index is 0.0287. The van der Waals surface area contributed by atoms with Gasteiger partial charge >= 0.3 is 0 Å². The lowest BCUT2D eigenvalue weighted by atomic mass is 9.97. The Balaban J connectivity index is 1.62. The third-order valence-corrected chi connectivity index (χ3v) is 5.22. The first kappa shape index (κ1) is 18.2. The Morgan fingerprint density at radius 1 is 1.28 bits per heavy atom. The molecule has 2 saturated heterocycles. The first-order valence-electron chi connectivity index (χ1n) is 9.48. The Labute approximate surface area is 150 Å². The molecule has 25 heavy (non-hydrogen) atoms. The van der Waals surface area contributed by atoms with E-state index in [4.69, 9.17) is 9.47 Å². The summed E-state index contributed by atoms with van der Waals surface area (Å²) in [5, 5.41) is 3.27. The van der Waals surface area contributed by atoms with E-state index >= 15 is 0 Å². The number of nitrogens with one attached hydrogen (secondary N) is 1. The lowest BCUT2D eigenvalue weighted by molar-refractivity contribution is -0.124. The van der Waals surface area contributed by atoms with Gasteiger partial charge in [-0.25, -0.2) is 0 Å². The van der Waals surface area contributed by atoms with Gasteiger partial charge in [-0.2, -0.15) is 0 Å². The number of carbonyl (C=O) groups is 1. The van der Waals surface area contributed by atoms with Crippen LogP contribution in [0.4, 0.5) is 0 Å². The summed E-state index contributed by atoms with van der Waals surface area (Å²) in [6, 6.07) is 8.08. The number of amides is 1. The molecule has 2 heterocycles. The van der Waals surface area contributed by atoms with Crippen LogP contribution in [-0.4, -0.2) is 50.8 Å². The molecule has 0 radical (unpaired) electrons. The van der Waals surface area contributed by atoms with E-state index in [1.54, 1.807) is 7.11 Å². The third kappa shape index (κ3) is 5.44. The zero-order valence-electron chi connectivity index (χ0n) is 15.2. The van der Waals surface area contributed by atoms with Crippen molar-refractivity contribution in [3.8, 4) is 5.75 Å². The Morgan fingerprint density at radius 3 is 2.68 bits per heavy atom. The van der Waals surface area contributed by atoms with E-state index < -0.39 is 0 Å². The second-order valence-electron chi connectivity index (χ2n) is 7.19. The lowest BCUT2D eigenvalue weighted by Crippen LogP contribution is -2.38. The number of hydrogen-bond acceptors (Lipinski definition) is 4. The molecule has 2 aliphatic rings. The third-order valence-electron chi connectivity index (χ3n) is 5.22. The number of benzene rings is 1. The van der Waals surface area contributed by atoms with Crippen LogP contribution in [0.3, 0.4) is 0 Å². The summed E-state index contributed by atoms with van der Waals surface area (Å²) in [5.74, 6) is 1.34.